The van der Waals surface area contributed by atoms with Crippen LogP contribution in [-0.4, -0.2) is 35.0 Å². The minimum absolute atomic E-state index is 0.149. The SMILES string of the molecule is O=C(O)C1CCN(C(=O)CCC2CCC2)C1. The molecule has 1 saturated heterocycles. The molecule has 0 bridgehead atoms. The van der Waals surface area contributed by atoms with Gasteiger partial charge in [-0.3, -0.25) is 9.59 Å². The van der Waals surface area contributed by atoms with Crippen molar-refractivity contribution >= 4 is 11.9 Å². The molecule has 1 aliphatic carbocycles. The van der Waals surface area contributed by atoms with Crippen molar-refractivity contribution in [2.24, 2.45) is 11.8 Å². The van der Waals surface area contributed by atoms with Crippen LogP contribution < -0.4 is 0 Å². The predicted molar refractivity (Wildman–Crippen MR) is 58.9 cm³/mol. The molecule has 16 heavy (non-hydrogen) atoms. The van der Waals surface area contributed by atoms with Gasteiger partial charge in [-0.2, -0.15) is 0 Å². The zero-order valence-corrected chi connectivity index (χ0v) is 9.52. The average molecular weight is 225 g/mol. The Labute approximate surface area is 95.6 Å². The van der Waals surface area contributed by atoms with E-state index in [0.717, 1.165) is 12.3 Å². The van der Waals surface area contributed by atoms with Crippen LogP contribution in [-0.2, 0) is 9.59 Å². The summed E-state index contributed by atoms with van der Waals surface area (Å²) in [6, 6.07) is 0. The molecule has 1 atom stereocenters. The maximum absolute atomic E-state index is 11.8. The van der Waals surface area contributed by atoms with E-state index in [-0.39, 0.29) is 11.8 Å². The first-order chi connectivity index (χ1) is 7.66. The summed E-state index contributed by atoms with van der Waals surface area (Å²) in [5.74, 6) is -0.209. The highest BCUT2D eigenvalue weighted by Crippen LogP contribution is 2.30. The van der Waals surface area contributed by atoms with Crippen LogP contribution >= 0.6 is 0 Å². The second-order valence-corrected chi connectivity index (χ2v) is 5.00. The molecule has 2 aliphatic rings. The first-order valence-electron chi connectivity index (χ1n) is 6.17. The van der Waals surface area contributed by atoms with Gasteiger partial charge in [0.25, 0.3) is 0 Å². The highest BCUT2D eigenvalue weighted by atomic mass is 16.4. The van der Waals surface area contributed by atoms with Crippen LogP contribution in [0.3, 0.4) is 0 Å². The fourth-order valence-electron chi connectivity index (χ4n) is 2.46. The van der Waals surface area contributed by atoms with Crippen molar-refractivity contribution in [3.63, 3.8) is 0 Å². The summed E-state index contributed by atoms with van der Waals surface area (Å²) in [4.78, 5) is 24.3. The number of carboxylic acid groups (broad SMARTS) is 1. The zero-order valence-electron chi connectivity index (χ0n) is 9.52. The van der Waals surface area contributed by atoms with E-state index in [4.69, 9.17) is 5.11 Å². The first-order valence-corrected chi connectivity index (χ1v) is 6.17. The molecule has 1 amide bonds. The lowest BCUT2D eigenvalue weighted by Crippen LogP contribution is -2.30. The number of nitrogens with zero attached hydrogens (tertiary/aromatic N) is 1. The Kier molecular flexibility index (Phi) is 3.46. The van der Waals surface area contributed by atoms with Crippen molar-refractivity contribution in [3.8, 4) is 0 Å². The third-order valence-electron chi connectivity index (χ3n) is 3.88. The molecule has 4 heteroatoms. The lowest BCUT2D eigenvalue weighted by Gasteiger charge is -2.25. The second-order valence-electron chi connectivity index (χ2n) is 5.00. The summed E-state index contributed by atoms with van der Waals surface area (Å²) < 4.78 is 0. The van der Waals surface area contributed by atoms with Gasteiger partial charge in [0.2, 0.25) is 5.91 Å². The Balaban J connectivity index is 1.71. The molecule has 1 N–H and O–H groups in total. The molecule has 90 valence electrons. The quantitative estimate of drug-likeness (QED) is 0.788. The van der Waals surface area contributed by atoms with E-state index >= 15 is 0 Å². The largest absolute Gasteiger partial charge is 0.481 e. The van der Waals surface area contributed by atoms with Crippen LogP contribution in [0.4, 0.5) is 0 Å². The number of carboxylic acids is 1. The third-order valence-corrected chi connectivity index (χ3v) is 3.88. The van der Waals surface area contributed by atoms with Gasteiger partial charge < -0.3 is 10.0 Å². The van der Waals surface area contributed by atoms with Crippen LogP contribution in [0.25, 0.3) is 0 Å². The molecule has 1 aliphatic heterocycles. The number of likely N-dealkylation sites (tertiary alicyclic amines) is 1. The zero-order chi connectivity index (χ0) is 11.5. The van der Waals surface area contributed by atoms with Crippen LogP contribution in [0, 0.1) is 11.8 Å². The van der Waals surface area contributed by atoms with E-state index in [2.05, 4.69) is 0 Å². The number of hydrogen-bond acceptors (Lipinski definition) is 2. The van der Waals surface area contributed by atoms with E-state index in [9.17, 15) is 9.59 Å². The van der Waals surface area contributed by atoms with Crippen molar-refractivity contribution in [2.45, 2.75) is 38.5 Å². The normalized spacial score (nSPS) is 25.5. The summed E-state index contributed by atoms with van der Waals surface area (Å²) in [5, 5.41) is 8.84. The van der Waals surface area contributed by atoms with Gasteiger partial charge in [0.15, 0.2) is 0 Å². The molecule has 1 heterocycles. The molecule has 1 saturated carbocycles. The predicted octanol–water partition coefficient (Wildman–Crippen LogP) is 1.50. The average Bonchev–Trinajstić information content (AvgIpc) is 2.63. The van der Waals surface area contributed by atoms with Crippen molar-refractivity contribution < 1.29 is 14.7 Å². The highest BCUT2D eigenvalue weighted by Gasteiger charge is 2.31. The van der Waals surface area contributed by atoms with E-state index < -0.39 is 5.97 Å². The molecule has 2 rings (SSSR count). The van der Waals surface area contributed by atoms with Gasteiger partial charge in [0.05, 0.1) is 5.92 Å². The van der Waals surface area contributed by atoms with Gasteiger partial charge in [0, 0.05) is 19.5 Å². The number of rotatable bonds is 4. The number of carbonyl (C=O) groups is 2. The van der Waals surface area contributed by atoms with Crippen molar-refractivity contribution in [1.29, 1.82) is 0 Å². The van der Waals surface area contributed by atoms with Gasteiger partial charge in [-0.05, 0) is 18.8 Å². The number of aliphatic carboxylic acids is 1. The Bertz CT molecular complexity index is 286. The topological polar surface area (TPSA) is 57.6 Å². The van der Waals surface area contributed by atoms with Crippen molar-refractivity contribution in [1.82, 2.24) is 4.90 Å². The molecule has 2 fully saturated rings. The van der Waals surface area contributed by atoms with Crippen molar-refractivity contribution in [3.05, 3.63) is 0 Å². The molecule has 1 unspecified atom stereocenters. The summed E-state index contributed by atoms with van der Waals surface area (Å²) in [6.45, 7) is 1.04. The van der Waals surface area contributed by atoms with Crippen LogP contribution in [0.2, 0.25) is 0 Å². The van der Waals surface area contributed by atoms with Crippen LogP contribution in [0.1, 0.15) is 38.5 Å². The standard InChI is InChI=1S/C12H19NO3/c14-11(5-4-9-2-1-3-9)13-7-6-10(8-13)12(15)16/h9-10H,1-8H2,(H,15,16). The number of hydrogen-bond donors (Lipinski definition) is 1. The lowest BCUT2D eigenvalue weighted by atomic mass is 9.82. The fourth-order valence-corrected chi connectivity index (χ4v) is 2.46. The van der Waals surface area contributed by atoms with Crippen molar-refractivity contribution in [2.75, 3.05) is 13.1 Å². The van der Waals surface area contributed by atoms with E-state index in [1.165, 1.54) is 19.3 Å². The van der Waals surface area contributed by atoms with E-state index in [0.29, 0.717) is 25.9 Å². The molecular weight excluding hydrogens is 206 g/mol. The van der Waals surface area contributed by atoms with Gasteiger partial charge in [0.1, 0.15) is 0 Å². The van der Waals surface area contributed by atoms with Gasteiger partial charge in [-0.1, -0.05) is 19.3 Å². The summed E-state index contributed by atoms with van der Waals surface area (Å²) in [6.07, 6.45) is 6.06. The number of carbonyl (C=O) groups excluding carboxylic acids is 1. The molecule has 0 aromatic heterocycles. The smallest absolute Gasteiger partial charge is 0.308 e. The molecule has 4 nitrogen and oxygen atoms in total. The van der Waals surface area contributed by atoms with Gasteiger partial charge in [-0.15, -0.1) is 0 Å². The summed E-state index contributed by atoms with van der Waals surface area (Å²) in [5.41, 5.74) is 0. The Morgan fingerprint density at radius 3 is 2.50 bits per heavy atom. The highest BCUT2D eigenvalue weighted by molar-refractivity contribution is 5.78. The maximum Gasteiger partial charge on any atom is 0.308 e. The maximum atomic E-state index is 11.8. The van der Waals surface area contributed by atoms with E-state index in [1.807, 2.05) is 0 Å². The Morgan fingerprint density at radius 1 is 1.25 bits per heavy atom. The van der Waals surface area contributed by atoms with E-state index in [1.54, 1.807) is 4.90 Å². The Hall–Kier alpha value is -1.06. The molecule has 0 spiro atoms. The fraction of sp³-hybridized carbons (Fsp3) is 0.833. The van der Waals surface area contributed by atoms with Crippen LogP contribution in [0.15, 0.2) is 0 Å². The summed E-state index contributed by atoms with van der Waals surface area (Å²) in [7, 11) is 0. The molecule has 0 aromatic rings. The van der Waals surface area contributed by atoms with Gasteiger partial charge >= 0.3 is 5.97 Å². The monoisotopic (exact) mass is 225 g/mol. The lowest BCUT2D eigenvalue weighted by molar-refractivity contribution is -0.141. The first kappa shape index (κ1) is 11.4. The minimum Gasteiger partial charge on any atom is -0.481 e. The second kappa shape index (κ2) is 4.85. The number of amides is 1. The van der Waals surface area contributed by atoms with Crippen LogP contribution in [0.5, 0.6) is 0 Å². The third kappa shape index (κ3) is 2.54. The minimum atomic E-state index is -0.769. The molecular formula is C12H19NO3. The Morgan fingerprint density at radius 2 is 2.00 bits per heavy atom. The van der Waals surface area contributed by atoms with Gasteiger partial charge in [-0.25, -0.2) is 0 Å². The molecule has 0 aromatic carbocycles. The molecule has 0 radical (unpaired) electrons. The summed E-state index contributed by atoms with van der Waals surface area (Å²) >= 11 is 0.